The van der Waals surface area contributed by atoms with Gasteiger partial charge in [-0.05, 0) is 118 Å². The minimum absolute atomic E-state index is 0.0842. The van der Waals surface area contributed by atoms with Gasteiger partial charge in [-0.2, -0.15) is 13.2 Å². The maximum absolute atomic E-state index is 14.4. The molecule has 18 nitrogen and oxygen atoms in total. The number of halogens is 4. The number of aromatic nitrogens is 2. The molecule has 1 fully saturated rings. The van der Waals surface area contributed by atoms with Gasteiger partial charge in [-0.25, -0.2) is 9.78 Å². The van der Waals surface area contributed by atoms with Crippen LogP contribution in [0.1, 0.15) is 74.5 Å². The number of hydrogen-bond donors (Lipinski definition) is 5. The molecule has 0 saturated carbocycles. The molecule has 438 valence electrons. The molecule has 1 saturated heterocycles. The van der Waals surface area contributed by atoms with Crippen LogP contribution >= 0.6 is 11.6 Å². The zero-order valence-corrected chi connectivity index (χ0v) is 47.6. The Balaban J connectivity index is 0.00000161. The van der Waals surface area contributed by atoms with Crippen LogP contribution in [0.5, 0.6) is 11.5 Å². The summed E-state index contributed by atoms with van der Waals surface area (Å²) in [4.78, 5) is 86.2. The zero-order chi connectivity index (χ0) is 59.4. The SMILES string of the molecule is CCc1ccc(CNC(C)C(=O)NC(COC)C(=O)N(C)C(CC(=O)NCC(C)N(C)C(=O)C(CC(=O)O)Cc2ccccc2)Cc2ccc(Cl)cc2)c(Oc2ccc(-c3cnc(CN4CCCC4)n3C)cc2)c1.O=C(O)C(F)(F)F. The van der Waals surface area contributed by atoms with E-state index in [0.717, 1.165) is 65.4 Å². The highest BCUT2D eigenvalue weighted by Gasteiger charge is 2.38. The number of hydrogen-bond acceptors (Lipinski definition) is 11. The van der Waals surface area contributed by atoms with Crippen molar-refractivity contribution < 1.29 is 61.6 Å². The number of alkyl halides is 3. The summed E-state index contributed by atoms with van der Waals surface area (Å²) in [6, 6.07) is 27.4. The third-order valence-corrected chi connectivity index (χ3v) is 14.4. The average Bonchev–Trinajstić information content (AvgIpc) is 4.11. The van der Waals surface area contributed by atoms with Gasteiger partial charge in [0.05, 0.1) is 43.4 Å². The number of rotatable bonds is 27. The second-order valence-corrected chi connectivity index (χ2v) is 20.6. The second-order valence-electron chi connectivity index (χ2n) is 20.2. The number of likely N-dealkylation sites (N-methyl/N-ethyl adjacent to an activating group) is 2. The number of methoxy groups -OCH3 is 1. The Hall–Kier alpha value is -7.33. The first-order chi connectivity index (χ1) is 38.5. The number of aliphatic carboxylic acids is 2. The van der Waals surface area contributed by atoms with E-state index in [0.29, 0.717) is 23.1 Å². The van der Waals surface area contributed by atoms with E-state index >= 15 is 0 Å². The molecule has 5 unspecified atom stereocenters. The highest BCUT2D eigenvalue weighted by atomic mass is 35.5. The molecule has 81 heavy (non-hydrogen) atoms. The van der Waals surface area contributed by atoms with Crippen LogP contribution < -0.4 is 20.7 Å². The number of carbonyl (C=O) groups is 6. The molecule has 1 aromatic heterocycles. The Morgan fingerprint density at radius 2 is 1.46 bits per heavy atom. The summed E-state index contributed by atoms with van der Waals surface area (Å²) in [5, 5.41) is 26.4. The van der Waals surface area contributed by atoms with E-state index < -0.39 is 60.0 Å². The van der Waals surface area contributed by atoms with Crippen molar-refractivity contribution in [3.63, 3.8) is 0 Å². The summed E-state index contributed by atoms with van der Waals surface area (Å²) in [5.74, 6) is -3.85. The lowest BCUT2D eigenvalue weighted by Crippen LogP contribution is -2.56. The minimum atomic E-state index is -5.08. The fourth-order valence-corrected chi connectivity index (χ4v) is 9.21. The van der Waals surface area contributed by atoms with Crippen LogP contribution in [-0.4, -0.2) is 148 Å². The molecule has 0 radical (unpaired) electrons. The molecular formula is C59H74ClF3N8O10. The van der Waals surface area contributed by atoms with Crippen LogP contribution in [0.4, 0.5) is 13.2 Å². The summed E-state index contributed by atoms with van der Waals surface area (Å²) in [6.07, 6.45) is 0.223. The van der Waals surface area contributed by atoms with Gasteiger partial charge < -0.3 is 50.0 Å². The third kappa shape index (κ3) is 20.0. The predicted octanol–water partition coefficient (Wildman–Crippen LogP) is 7.69. The number of benzene rings is 4. The molecule has 22 heteroatoms. The molecule has 1 aliphatic rings. The van der Waals surface area contributed by atoms with Gasteiger partial charge >= 0.3 is 18.1 Å². The largest absolute Gasteiger partial charge is 0.490 e. The van der Waals surface area contributed by atoms with Crippen molar-refractivity contribution in [3.05, 3.63) is 136 Å². The van der Waals surface area contributed by atoms with E-state index in [1.807, 2.05) is 91.1 Å². The van der Waals surface area contributed by atoms with Gasteiger partial charge in [0.2, 0.25) is 23.6 Å². The summed E-state index contributed by atoms with van der Waals surface area (Å²) in [5.41, 5.74) is 5.69. The first-order valence-corrected chi connectivity index (χ1v) is 27.1. The lowest BCUT2D eigenvalue weighted by atomic mass is 9.94. The van der Waals surface area contributed by atoms with Crippen LogP contribution in [0.3, 0.4) is 0 Å². The van der Waals surface area contributed by atoms with E-state index in [4.69, 9.17) is 36.0 Å². The standard InChI is InChI=1S/C57H73ClN8O8.C2HF3O2/c1-8-40-16-19-44(51(30-40)74-48-24-20-43(21-25-48)50-35-60-52(65(50)6)36-66-26-12-13-27-66)34-59-39(3)55(70)62-49(37-73-7)57(72)64(5)47(29-42-17-22-46(58)23-18-42)32-53(67)61-33-38(2)63(4)56(71)45(31-54(68)69)28-41-14-10-9-11-15-41;3-2(4,5)1(6)7/h9-11,14-25,30,35,38-39,45,47,49,59H,8,12-13,26-29,31-34,36-37H2,1-7H3,(H,61,67)(H,62,70)(H,68,69);(H,6,7). The van der Waals surface area contributed by atoms with Crippen LogP contribution in [0.2, 0.25) is 5.02 Å². The molecule has 6 rings (SSSR count). The van der Waals surface area contributed by atoms with Crippen molar-refractivity contribution in [3.8, 4) is 22.8 Å². The number of carboxylic acids is 2. The topological polar surface area (TPSA) is 225 Å². The van der Waals surface area contributed by atoms with Gasteiger partial charge in [0.15, 0.2) is 0 Å². The highest BCUT2D eigenvalue weighted by Crippen LogP contribution is 2.30. The number of nitrogens with one attached hydrogen (secondary N) is 3. The fraction of sp³-hybridized carbons (Fsp3) is 0.441. The average molecular weight is 1150 g/mol. The summed E-state index contributed by atoms with van der Waals surface area (Å²) >= 11 is 6.20. The van der Waals surface area contributed by atoms with Crippen molar-refractivity contribution in [1.29, 1.82) is 0 Å². The van der Waals surface area contributed by atoms with E-state index in [2.05, 4.69) is 39.4 Å². The van der Waals surface area contributed by atoms with E-state index in [9.17, 15) is 42.3 Å². The van der Waals surface area contributed by atoms with Crippen LogP contribution in [-0.2, 0) is 72.9 Å². The number of imidazole rings is 1. The number of carboxylic acid groups (broad SMARTS) is 2. The van der Waals surface area contributed by atoms with Crippen molar-refractivity contribution in [1.82, 2.24) is 40.2 Å². The number of carbonyl (C=O) groups excluding carboxylic acids is 4. The molecule has 0 bridgehead atoms. The summed E-state index contributed by atoms with van der Waals surface area (Å²) in [7, 11) is 6.69. The number of ether oxygens (including phenoxy) is 2. The molecular weight excluding hydrogens is 1070 g/mol. The van der Waals surface area contributed by atoms with Crippen LogP contribution in [0.25, 0.3) is 11.3 Å². The highest BCUT2D eigenvalue weighted by molar-refractivity contribution is 6.30. The van der Waals surface area contributed by atoms with Gasteiger partial charge in [-0.15, -0.1) is 0 Å². The lowest BCUT2D eigenvalue weighted by molar-refractivity contribution is -0.192. The van der Waals surface area contributed by atoms with E-state index in [1.54, 1.807) is 40.1 Å². The minimum Gasteiger partial charge on any atom is -0.481 e. The van der Waals surface area contributed by atoms with Crippen molar-refractivity contribution in [2.24, 2.45) is 13.0 Å². The summed E-state index contributed by atoms with van der Waals surface area (Å²) < 4.78 is 45.8. The Morgan fingerprint density at radius 3 is 2.06 bits per heavy atom. The molecule has 4 aromatic carbocycles. The monoisotopic (exact) mass is 1150 g/mol. The Bertz CT molecular complexity index is 2870. The van der Waals surface area contributed by atoms with Crippen LogP contribution in [0.15, 0.2) is 103 Å². The predicted molar refractivity (Wildman–Crippen MR) is 300 cm³/mol. The smallest absolute Gasteiger partial charge is 0.481 e. The first kappa shape index (κ1) is 64.5. The van der Waals surface area contributed by atoms with Gasteiger partial charge in [0.25, 0.3) is 0 Å². The molecule has 0 aliphatic carbocycles. The maximum Gasteiger partial charge on any atom is 0.490 e. The van der Waals surface area contributed by atoms with Crippen molar-refractivity contribution in [2.45, 2.75) is 109 Å². The maximum atomic E-state index is 14.4. The number of amides is 4. The molecule has 5 atom stereocenters. The second kappa shape index (κ2) is 31.0. The van der Waals surface area contributed by atoms with E-state index in [1.165, 1.54) is 29.8 Å². The molecule has 5 aromatic rings. The van der Waals surface area contributed by atoms with Gasteiger partial charge in [0.1, 0.15) is 23.4 Å². The Labute approximate surface area is 475 Å². The quantitative estimate of drug-likeness (QED) is 0.0341. The van der Waals surface area contributed by atoms with Gasteiger partial charge in [-0.1, -0.05) is 73.1 Å². The molecule has 2 heterocycles. The Kier molecular flexibility index (Phi) is 24.7. The normalized spacial score (nSPS) is 14.3. The van der Waals surface area contributed by atoms with Gasteiger partial charge in [0, 0.05) is 76.0 Å². The zero-order valence-electron chi connectivity index (χ0n) is 46.8. The molecule has 0 spiro atoms. The van der Waals surface area contributed by atoms with Gasteiger partial charge in [-0.3, -0.25) is 28.9 Å². The molecule has 1 aliphatic heterocycles. The van der Waals surface area contributed by atoms with Crippen LogP contribution in [0, 0.1) is 5.92 Å². The van der Waals surface area contributed by atoms with Crippen molar-refractivity contribution in [2.75, 3.05) is 47.4 Å². The van der Waals surface area contributed by atoms with Crippen molar-refractivity contribution >= 4 is 47.2 Å². The first-order valence-electron chi connectivity index (χ1n) is 26.7. The Morgan fingerprint density at radius 1 is 0.827 bits per heavy atom. The van der Waals surface area contributed by atoms with E-state index in [-0.39, 0.29) is 50.6 Å². The lowest BCUT2D eigenvalue weighted by Gasteiger charge is -2.32. The third-order valence-electron chi connectivity index (χ3n) is 14.1. The number of nitrogens with zero attached hydrogens (tertiary/aromatic N) is 5. The number of aryl methyl sites for hydroxylation is 1. The summed E-state index contributed by atoms with van der Waals surface area (Å²) in [6.45, 7) is 8.88. The molecule has 5 N–H and O–H groups in total. The fourth-order valence-electron chi connectivity index (χ4n) is 9.09. The molecule has 4 amide bonds. The number of likely N-dealkylation sites (tertiary alicyclic amines) is 1.